The van der Waals surface area contributed by atoms with Crippen LogP contribution in [0.1, 0.15) is 32.3 Å². The van der Waals surface area contributed by atoms with Crippen LogP contribution in [0.2, 0.25) is 0 Å². The number of halogens is 1. The standard InChI is InChI=1S/C13H18BrN/c1-13(2,11-5-6-11)15-9-10-3-7-12(14)8-4-10/h3-4,7-8,11,15H,5-6,9H2,1-2H3. The fourth-order valence-corrected chi connectivity index (χ4v) is 2.15. The Balaban J connectivity index is 1.89. The number of benzene rings is 1. The van der Waals surface area contributed by atoms with Gasteiger partial charge in [-0.25, -0.2) is 0 Å². The van der Waals surface area contributed by atoms with Crippen molar-refractivity contribution in [1.29, 1.82) is 0 Å². The largest absolute Gasteiger partial charge is 0.307 e. The van der Waals surface area contributed by atoms with Gasteiger partial charge in [0.1, 0.15) is 0 Å². The fraction of sp³-hybridized carbons (Fsp3) is 0.538. The molecule has 1 nitrogen and oxygen atoms in total. The summed E-state index contributed by atoms with van der Waals surface area (Å²) in [6.45, 7) is 5.59. The predicted octanol–water partition coefficient (Wildman–Crippen LogP) is 3.73. The Hall–Kier alpha value is -0.340. The molecule has 0 bridgehead atoms. The summed E-state index contributed by atoms with van der Waals surface area (Å²) in [5, 5.41) is 3.64. The van der Waals surface area contributed by atoms with Crippen LogP contribution in [0.4, 0.5) is 0 Å². The Bertz CT molecular complexity index is 325. The molecule has 0 unspecified atom stereocenters. The van der Waals surface area contributed by atoms with Gasteiger partial charge in [0.15, 0.2) is 0 Å². The third-order valence-corrected chi connectivity index (χ3v) is 3.79. The van der Waals surface area contributed by atoms with Crippen LogP contribution in [0.15, 0.2) is 28.7 Å². The first kappa shape index (κ1) is 11.2. The van der Waals surface area contributed by atoms with Crippen molar-refractivity contribution in [3.05, 3.63) is 34.3 Å². The Labute approximate surface area is 100 Å². The first-order valence-corrected chi connectivity index (χ1v) is 6.37. The highest BCUT2D eigenvalue weighted by Gasteiger charge is 2.36. The zero-order valence-corrected chi connectivity index (χ0v) is 11.0. The second-order valence-corrected chi connectivity index (χ2v) is 5.89. The van der Waals surface area contributed by atoms with Crippen molar-refractivity contribution in [2.45, 2.75) is 38.8 Å². The molecule has 0 atom stereocenters. The smallest absolute Gasteiger partial charge is 0.0210 e. The van der Waals surface area contributed by atoms with E-state index in [1.807, 2.05) is 0 Å². The Morgan fingerprint density at radius 3 is 2.40 bits per heavy atom. The van der Waals surface area contributed by atoms with Crippen LogP contribution in [-0.2, 0) is 6.54 Å². The molecule has 0 aliphatic heterocycles. The lowest BCUT2D eigenvalue weighted by Gasteiger charge is -2.26. The van der Waals surface area contributed by atoms with Crippen LogP contribution in [0.5, 0.6) is 0 Å². The Kier molecular flexibility index (Phi) is 3.17. The molecule has 82 valence electrons. The quantitative estimate of drug-likeness (QED) is 0.877. The lowest BCUT2D eigenvalue weighted by molar-refractivity contribution is 0.339. The second kappa shape index (κ2) is 4.26. The summed E-state index contributed by atoms with van der Waals surface area (Å²) >= 11 is 3.45. The maximum atomic E-state index is 3.64. The molecule has 15 heavy (non-hydrogen) atoms. The zero-order valence-electron chi connectivity index (χ0n) is 9.39. The van der Waals surface area contributed by atoms with Crippen LogP contribution >= 0.6 is 15.9 Å². The number of nitrogens with one attached hydrogen (secondary N) is 1. The van der Waals surface area contributed by atoms with Gasteiger partial charge in [0.2, 0.25) is 0 Å². The van der Waals surface area contributed by atoms with Gasteiger partial charge in [-0.2, -0.15) is 0 Å². The van der Waals surface area contributed by atoms with Gasteiger partial charge in [-0.1, -0.05) is 28.1 Å². The molecule has 1 saturated carbocycles. The van der Waals surface area contributed by atoms with Crippen LogP contribution in [-0.4, -0.2) is 5.54 Å². The topological polar surface area (TPSA) is 12.0 Å². The SMILES string of the molecule is CC(C)(NCc1ccc(Br)cc1)C1CC1. The molecule has 1 aromatic rings. The van der Waals surface area contributed by atoms with Crippen molar-refractivity contribution in [3.8, 4) is 0 Å². The highest BCUT2D eigenvalue weighted by molar-refractivity contribution is 9.10. The third-order valence-electron chi connectivity index (χ3n) is 3.26. The van der Waals surface area contributed by atoms with Crippen molar-refractivity contribution in [3.63, 3.8) is 0 Å². The zero-order chi connectivity index (χ0) is 10.9. The number of hydrogen-bond acceptors (Lipinski definition) is 1. The molecule has 0 amide bonds. The molecule has 0 aromatic heterocycles. The Morgan fingerprint density at radius 1 is 1.27 bits per heavy atom. The molecule has 0 heterocycles. The normalized spacial score (nSPS) is 16.7. The van der Waals surface area contributed by atoms with Gasteiger partial charge in [0.05, 0.1) is 0 Å². The van der Waals surface area contributed by atoms with Gasteiger partial charge in [-0.3, -0.25) is 0 Å². The number of hydrogen-bond donors (Lipinski definition) is 1. The van der Waals surface area contributed by atoms with Gasteiger partial charge < -0.3 is 5.32 Å². The molecule has 2 heteroatoms. The van der Waals surface area contributed by atoms with E-state index in [9.17, 15) is 0 Å². The minimum absolute atomic E-state index is 0.299. The summed E-state index contributed by atoms with van der Waals surface area (Å²) in [4.78, 5) is 0. The van der Waals surface area contributed by atoms with Crippen LogP contribution in [0, 0.1) is 5.92 Å². The molecule has 1 aliphatic carbocycles. The van der Waals surface area contributed by atoms with Crippen molar-refractivity contribution < 1.29 is 0 Å². The summed E-state index contributed by atoms with van der Waals surface area (Å²) in [6.07, 6.45) is 2.78. The summed E-state index contributed by atoms with van der Waals surface area (Å²) in [5.41, 5.74) is 1.65. The van der Waals surface area contributed by atoms with Crippen LogP contribution in [0.25, 0.3) is 0 Å². The van der Waals surface area contributed by atoms with Crippen LogP contribution < -0.4 is 5.32 Å². The summed E-state index contributed by atoms with van der Waals surface area (Å²) in [7, 11) is 0. The van der Waals surface area contributed by atoms with E-state index in [4.69, 9.17) is 0 Å². The molecule has 1 N–H and O–H groups in total. The second-order valence-electron chi connectivity index (χ2n) is 4.98. The summed E-state index contributed by atoms with van der Waals surface area (Å²) in [6, 6.07) is 8.53. The lowest BCUT2D eigenvalue weighted by Crippen LogP contribution is -2.40. The van der Waals surface area contributed by atoms with Gasteiger partial charge >= 0.3 is 0 Å². The molecular weight excluding hydrogens is 250 g/mol. The van der Waals surface area contributed by atoms with Gasteiger partial charge in [0, 0.05) is 16.6 Å². The third kappa shape index (κ3) is 3.05. The molecule has 1 aliphatic rings. The number of rotatable bonds is 4. The van der Waals surface area contributed by atoms with E-state index in [1.165, 1.54) is 18.4 Å². The van der Waals surface area contributed by atoms with E-state index in [0.29, 0.717) is 5.54 Å². The maximum Gasteiger partial charge on any atom is 0.0210 e. The minimum Gasteiger partial charge on any atom is -0.307 e. The predicted molar refractivity (Wildman–Crippen MR) is 67.8 cm³/mol. The van der Waals surface area contributed by atoms with Gasteiger partial charge in [-0.15, -0.1) is 0 Å². The van der Waals surface area contributed by atoms with Gasteiger partial charge in [-0.05, 0) is 50.3 Å². The Morgan fingerprint density at radius 2 is 1.87 bits per heavy atom. The van der Waals surface area contributed by atoms with Crippen molar-refractivity contribution >= 4 is 15.9 Å². The monoisotopic (exact) mass is 267 g/mol. The molecule has 0 saturated heterocycles. The van der Waals surface area contributed by atoms with Gasteiger partial charge in [0.25, 0.3) is 0 Å². The summed E-state index contributed by atoms with van der Waals surface area (Å²) < 4.78 is 1.15. The highest BCUT2D eigenvalue weighted by atomic mass is 79.9. The average Bonchev–Trinajstić information content (AvgIpc) is 3.00. The molecule has 1 aromatic carbocycles. The average molecular weight is 268 g/mol. The molecule has 1 fully saturated rings. The van der Waals surface area contributed by atoms with E-state index in [1.54, 1.807) is 0 Å². The van der Waals surface area contributed by atoms with E-state index in [0.717, 1.165) is 16.9 Å². The lowest BCUT2D eigenvalue weighted by atomic mass is 9.98. The fourth-order valence-electron chi connectivity index (χ4n) is 1.88. The highest BCUT2D eigenvalue weighted by Crippen LogP contribution is 2.39. The molecule has 0 spiro atoms. The summed E-state index contributed by atoms with van der Waals surface area (Å²) in [5.74, 6) is 0.882. The first-order valence-electron chi connectivity index (χ1n) is 5.57. The van der Waals surface area contributed by atoms with E-state index >= 15 is 0 Å². The van der Waals surface area contributed by atoms with E-state index in [-0.39, 0.29) is 0 Å². The minimum atomic E-state index is 0.299. The van der Waals surface area contributed by atoms with Crippen molar-refractivity contribution in [1.82, 2.24) is 5.32 Å². The van der Waals surface area contributed by atoms with E-state index in [2.05, 4.69) is 59.4 Å². The van der Waals surface area contributed by atoms with Crippen LogP contribution in [0.3, 0.4) is 0 Å². The molecule has 0 radical (unpaired) electrons. The molecular formula is C13H18BrN. The molecule has 2 rings (SSSR count). The first-order chi connectivity index (χ1) is 7.08. The van der Waals surface area contributed by atoms with Crippen molar-refractivity contribution in [2.75, 3.05) is 0 Å². The maximum absolute atomic E-state index is 3.64. The van der Waals surface area contributed by atoms with E-state index < -0.39 is 0 Å². The van der Waals surface area contributed by atoms with Crippen molar-refractivity contribution in [2.24, 2.45) is 5.92 Å².